The van der Waals surface area contributed by atoms with Gasteiger partial charge < -0.3 is 15.4 Å². The molecule has 0 aliphatic heterocycles. The molecule has 0 atom stereocenters. The number of carbonyl (C=O) groups excluding carboxylic acids is 1. The first-order valence-electron chi connectivity index (χ1n) is 6.75. The highest BCUT2D eigenvalue weighted by Gasteiger charge is 2.04. The van der Waals surface area contributed by atoms with Gasteiger partial charge >= 0.3 is 0 Å². The van der Waals surface area contributed by atoms with Crippen LogP contribution in [-0.4, -0.2) is 25.6 Å². The number of hydrogen-bond acceptors (Lipinski definition) is 3. The van der Waals surface area contributed by atoms with Crippen LogP contribution in [0.1, 0.15) is 32.3 Å². The maximum atomic E-state index is 11.7. The molecule has 2 N–H and O–H groups in total. The van der Waals surface area contributed by atoms with Crippen LogP contribution in [0.25, 0.3) is 0 Å². The minimum Gasteiger partial charge on any atom is -0.496 e. The number of rotatable bonds is 8. The number of hydrogen-bond donors (Lipinski definition) is 2. The third-order valence-corrected chi connectivity index (χ3v) is 2.80. The zero-order valence-electron chi connectivity index (χ0n) is 12.0. The van der Waals surface area contributed by atoms with E-state index < -0.39 is 0 Å². The summed E-state index contributed by atoms with van der Waals surface area (Å²) in [7, 11) is 1.64. The van der Waals surface area contributed by atoms with Gasteiger partial charge in [0.25, 0.3) is 0 Å². The Morgan fingerprint density at radius 3 is 2.74 bits per heavy atom. The second-order valence-corrected chi connectivity index (χ2v) is 4.80. The Kier molecular flexibility index (Phi) is 6.97. The highest BCUT2D eigenvalue weighted by atomic mass is 16.5. The van der Waals surface area contributed by atoms with E-state index >= 15 is 0 Å². The molecular formula is C15H24N2O2. The zero-order valence-corrected chi connectivity index (χ0v) is 12.0. The molecule has 106 valence electrons. The minimum atomic E-state index is 0.0801. The summed E-state index contributed by atoms with van der Waals surface area (Å²) < 4.78 is 5.24. The molecule has 0 aliphatic rings. The zero-order chi connectivity index (χ0) is 14.1. The molecule has 0 bridgehead atoms. The third kappa shape index (κ3) is 6.25. The van der Waals surface area contributed by atoms with Crippen LogP contribution in [0.2, 0.25) is 0 Å². The van der Waals surface area contributed by atoms with Gasteiger partial charge in [0.2, 0.25) is 5.91 Å². The summed E-state index contributed by atoms with van der Waals surface area (Å²) in [6.07, 6.45) is 1.41. The lowest BCUT2D eigenvalue weighted by Crippen LogP contribution is -2.27. The molecule has 0 fully saturated rings. The molecule has 0 saturated carbocycles. The van der Waals surface area contributed by atoms with E-state index in [2.05, 4.69) is 24.5 Å². The van der Waals surface area contributed by atoms with Crippen molar-refractivity contribution >= 4 is 5.91 Å². The third-order valence-electron chi connectivity index (χ3n) is 2.80. The predicted octanol–water partition coefficient (Wildman–Crippen LogP) is 2.09. The van der Waals surface area contributed by atoms with Gasteiger partial charge in [0, 0.05) is 24.6 Å². The summed E-state index contributed by atoms with van der Waals surface area (Å²) in [5, 5.41) is 6.21. The van der Waals surface area contributed by atoms with Crippen molar-refractivity contribution < 1.29 is 9.53 Å². The van der Waals surface area contributed by atoms with Crippen molar-refractivity contribution in [2.75, 3.05) is 13.7 Å². The highest BCUT2D eigenvalue weighted by Crippen LogP contribution is 2.16. The van der Waals surface area contributed by atoms with E-state index in [1.165, 1.54) is 0 Å². The Morgan fingerprint density at radius 2 is 2.05 bits per heavy atom. The van der Waals surface area contributed by atoms with Crippen LogP contribution in [-0.2, 0) is 11.3 Å². The van der Waals surface area contributed by atoms with E-state index in [9.17, 15) is 4.79 Å². The smallest absolute Gasteiger partial charge is 0.220 e. The van der Waals surface area contributed by atoms with Gasteiger partial charge in [-0.25, -0.2) is 0 Å². The van der Waals surface area contributed by atoms with Crippen LogP contribution in [0.15, 0.2) is 24.3 Å². The first-order chi connectivity index (χ1) is 9.13. The van der Waals surface area contributed by atoms with Gasteiger partial charge in [-0.05, 0) is 19.0 Å². The van der Waals surface area contributed by atoms with Gasteiger partial charge in [0.15, 0.2) is 0 Å². The number of para-hydroxylation sites is 1. The fraction of sp³-hybridized carbons (Fsp3) is 0.533. The number of amides is 1. The number of nitrogens with one attached hydrogen (secondary N) is 2. The lowest BCUT2D eigenvalue weighted by atomic mass is 10.2. The Morgan fingerprint density at radius 1 is 1.32 bits per heavy atom. The highest BCUT2D eigenvalue weighted by molar-refractivity contribution is 5.75. The first-order valence-corrected chi connectivity index (χ1v) is 6.75. The van der Waals surface area contributed by atoms with Crippen molar-refractivity contribution in [3.05, 3.63) is 29.8 Å². The van der Waals surface area contributed by atoms with Gasteiger partial charge in [0.05, 0.1) is 7.11 Å². The van der Waals surface area contributed by atoms with E-state index in [1.807, 2.05) is 24.3 Å². The fourth-order valence-corrected chi connectivity index (χ4v) is 1.77. The van der Waals surface area contributed by atoms with Crippen LogP contribution >= 0.6 is 0 Å². The molecule has 1 aromatic carbocycles. The Labute approximate surface area is 115 Å². The molecule has 4 heteroatoms. The normalized spacial score (nSPS) is 10.5. The van der Waals surface area contributed by atoms with Crippen LogP contribution < -0.4 is 15.4 Å². The van der Waals surface area contributed by atoms with E-state index in [4.69, 9.17) is 4.74 Å². The summed E-state index contributed by atoms with van der Waals surface area (Å²) in [4.78, 5) is 11.7. The molecule has 1 aromatic rings. The quantitative estimate of drug-likeness (QED) is 0.707. The van der Waals surface area contributed by atoms with E-state index in [-0.39, 0.29) is 5.91 Å². The van der Waals surface area contributed by atoms with Crippen LogP contribution in [0.4, 0.5) is 0 Å². The molecule has 19 heavy (non-hydrogen) atoms. The van der Waals surface area contributed by atoms with Gasteiger partial charge in [-0.3, -0.25) is 4.79 Å². The molecule has 0 radical (unpaired) electrons. The second kappa shape index (κ2) is 8.53. The molecule has 1 amide bonds. The predicted molar refractivity (Wildman–Crippen MR) is 77.2 cm³/mol. The molecule has 0 heterocycles. The van der Waals surface area contributed by atoms with E-state index in [0.717, 1.165) is 24.3 Å². The average molecular weight is 264 g/mol. The summed E-state index contributed by atoms with van der Waals surface area (Å²) in [6, 6.07) is 8.18. The lowest BCUT2D eigenvalue weighted by molar-refractivity contribution is -0.121. The summed E-state index contributed by atoms with van der Waals surface area (Å²) in [5.74, 6) is 0.890. The molecule has 0 aromatic heterocycles. The summed E-state index contributed by atoms with van der Waals surface area (Å²) >= 11 is 0. The van der Waals surface area contributed by atoms with Gasteiger partial charge in [-0.1, -0.05) is 32.0 Å². The van der Waals surface area contributed by atoms with E-state index in [1.54, 1.807) is 7.11 Å². The molecule has 4 nitrogen and oxygen atoms in total. The topological polar surface area (TPSA) is 50.4 Å². The monoisotopic (exact) mass is 264 g/mol. The van der Waals surface area contributed by atoms with Crippen LogP contribution in [0.5, 0.6) is 5.75 Å². The Hall–Kier alpha value is -1.55. The largest absolute Gasteiger partial charge is 0.496 e. The maximum absolute atomic E-state index is 11.7. The van der Waals surface area contributed by atoms with Gasteiger partial charge in [-0.2, -0.15) is 0 Å². The van der Waals surface area contributed by atoms with Crippen molar-refractivity contribution in [3.8, 4) is 5.75 Å². The SMILES string of the molecule is COc1ccccc1CNC(=O)CCCNC(C)C. The molecule has 0 spiro atoms. The van der Waals surface area contributed by atoms with Crippen molar-refractivity contribution in [3.63, 3.8) is 0 Å². The fourth-order valence-electron chi connectivity index (χ4n) is 1.77. The van der Waals surface area contributed by atoms with Gasteiger partial charge in [-0.15, -0.1) is 0 Å². The molecule has 0 saturated heterocycles. The summed E-state index contributed by atoms with van der Waals surface area (Å²) in [5.41, 5.74) is 0.999. The molecular weight excluding hydrogens is 240 g/mol. The average Bonchev–Trinajstić information content (AvgIpc) is 2.41. The molecule has 0 unspecified atom stereocenters. The summed E-state index contributed by atoms with van der Waals surface area (Å²) in [6.45, 7) is 5.59. The van der Waals surface area contributed by atoms with Crippen LogP contribution in [0, 0.1) is 0 Å². The lowest BCUT2D eigenvalue weighted by Gasteiger charge is -2.10. The second-order valence-electron chi connectivity index (χ2n) is 4.80. The van der Waals surface area contributed by atoms with Crippen molar-refractivity contribution in [2.24, 2.45) is 0 Å². The number of methoxy groups -OCH3 is 1. The standard InChI is InChI=1S/C15H24N2O2/c1-12(2)16-10-6-9-15(18)17-11-13-7-4-5-8-14(13)19-3/h4-5,7-8,12,16H,6,9-11H2,1-3H3,(H,17,18). The van der Waals surface area contributed by atoms with Crippen molar-refractivity contribution in [1.82, 2.24) is 10.6 Å². The number of ether oxygens (including phenoxy) is 1. The maximum Gasteiger partial charge on any atom is 0.220 e. The molecule has 0 aliphatic carbocycles. The Balaban J connectivity index is 2.26. The Bertz CT molecular complexity index is 391. The van der Waals surface area contributed by atoms with E-state index in [0.29, 0.717) is 19.0 Å². The first kappa shape index (κ1) is 15.5. The molecule has 1 rings (SSSR count). The van der Waals surface area contributed by atoms with Gasteiger partial charge in [0.1, 0.15) is 5.75 Å². The van der Waals surface area contributed by atoms with Crippen molar-refractivity contribution in [1.29, 1.82) is 0 Å². The van der Waals surface area contributed by atoms with Crippen LogP contribution in [0.3, 0.4) is 0 Å². The minimum absolute atomic E-state index is 0.0801. The number of benzene rings is 1. The number of carbonyl (C=O) groups is 1. The van der Waals surface area contributed by atoms with Crippen molar-refractivity contribution in [2.45, 2.75) is 39.3 Å².